The Labute approximate surface area is 112 Å². The molecule has 2 atom stereocenters. The van der Waals surface area contributed by atoms with Crippen molar-refractivity contribution in [2.45, 2.75) is 38.6 Å². The minimum absolute atomic E-state index is 0.0350. The monoisotopic (exact) mass is 268 g/mol. The summed E-state index contributed by atoms with van der Waals surface area (Å²) in [5.41, 5.74) is 6.54. The quantitative estimate of drug-likeness (QED) is 0.900. The first-order chi connectivity index (χ1) is 8.65. The molecule has 1 saturated carbocycles. The molecule has 100 valence electrons. The number of hydrogen-bond acceptors (Lipinski definition) is 5. The Balaban J connectivity index is 2.12. The Morgan fingerprint density at radius 3 is 2.83 bits per heavy atom. The van der Waals surface area contributed by atoms with Crippen LogP contribution < -0.4 is 5.73 Å². The molecule has 2 N–H and O–H groups in total. The first-order valence-electron chi connectivity index (χ1n) is 6.41. The summed E-state index contributed by atoms with van der Waals surface area (Å²) in [7, 11) is 1.88. The molecule has 0 radical (unpaired) electrons. The van der Waals surface area contributed by atoms with Gasteiger partial charge in [-0.1, -0.05) is 17.3 Å². The highest BCUT2D eigenvalue weighted by atomic mass is 32.1. The van der Waals surface area contributed by atoms with Crippen molar-refractivity contribution in [3.05, 3.63) is 10.6 Å². The lowest BCUT2D eigenvalue weighted by atomic mass is 9.83. The molecular formula is C12H20N4OS. The smallest absolute Gasteiger partial charge is 0.267 e. The average Bonchev–Trinajstić information content (AvgIpc) is 2.83. The highest BCUT2D eigenvalue weighted by molar-refractivity contribution is 7.07. The fourth-order valence-electron chi connectivity index (χ4n) is 2.71. The molecule has 5 nitrogen and oxygen atoms in total. The lowest BCUT2D eigenvalue weighted by Crippen LogP contribution is -2.45. The van der Waals surface area contributed by atoms with Gasteiger partial charge in [-0.25, -0.2) is 0 Å². The summed E-state index contributed by atoms with van der Waals surface area (Å²) in [4.78, 5) is 14.9. The van der Waals surface area contributed by atoms with Crippen LogP contribution in [0.5, 0.6) is 0 Å². The minimum Gasteiger partial charge on any atom is -0.338 e. The molecule has 1 aliphatic carbocycles. The molecule has 1 amide bonds. The summed E-state index contributed by atoms with van der Waals surface area (Å²) in [5.74, 6) is 0.460. The largest absolute Gasteiger partial charge is 0.338 e. The molecule has 18 heavy (non-hydrogen) atoms. The standard InChI is InChI=1S/C12H20N4OS/c1-8-11(18-15-14-8)12(17)16(2)10-6-4-3-5-9(10)7-13/h9-10H,3-7,13H2,1-2H3. The van der Waals surface area contributed by atoms with E-state index in [0.717, 1.165) is 18.5 Å². The Bertz CT molecular complexity index is 420. The van der Waals surface area contributed by atoms with Crippen molar-refractivity contribution in [1.29, 1.82) is 0 Å². The Hall–Kier alpha value is -1.01. The van der Waals surface area contributed by atoms with Crippen LogP contribution in [-0.4, -0.2) is 40.0 Å². The molecule has 0 saturated heterocycles. The number of carbonyl (C=O) groups excluding carboxylic acids is 1. The molecule has 1 aliphatic rings. The van der Waals surface area contributed by atoms with Gasteiger partial charge in [0.1, 0.15) is 4.88 Å². The number of hydrogen-bond donors (Lipinski definition) is 1. The van der Waals surface area contributed by atoms with Crippen LogP contribution in [0.25, 0.3) is 0 Å². The third kappa shape index (κ3) is 2.54. The number of rotatable bonds is 3. The van der Waals surface area contributed by atoms with E-state index in [1.165, 1.54) is 24.4 Å². The van der Waals surface area contributed by atoms with E-state index in [-0.39, 0.29) is 11.9 Å². The van der Waals surface area contributed by atoms with Gasteiger partial charge in [-0.3, -0.25) is 4.79 Å². The number of aromatic nitrogens is 2. The van der Waals surface area contributed by atoms with Crippen molar-refractivity contribution in [1.82, 2.24) is 14.5 Å². The van der Waals surface area contributed by atoms with Gasteiger partial charge >= 0.3 is 0 Å². The van der Waals surface area contributed by atoms with Gasteiger partial charge in [-0.05, 0) is 43.8 Å². The Morgan fingerprint density at radius 1 is 1.50 bits per heavy atom. The van der Waals surface area contributed by atoms with E-state index in [1.54, 1.807) is 0 Å². The van der Waals surface area contributed by atoms with E-state index in [4.69, 9.17) is 5.73 Å². The van der Waals surface area contributed by atoms with Gasteiger partial charge in [-0.2, -0.15) is 0 Å². The predicted octanol–water partition coefficient (Wildman–Crippen LogP) is 1.44. The maximum Gasteiger partial charge on any atom is 0.267 e. The molecule has 1 aromatic heterocycles. The fourth-order valence-corrected chi connectivity index (χ4v) is 3.35. The second-order valence-corrected chi connectivity index (χ2v) is 5.71. The van der Waals surface area contributed by atoms with Crippen molar-refractivity contribution < 1.29 is 4.79 Å². The maximum atomic E-state index is 12.4. The number of nitrogens with two attached hydrogens (primary N) is 1. The van der Waals surface area contributed by atoms with Crippen LogP contribution in [0, 0.1) is 12.8 Å². The van der Waals surface area contributed by atoms with Crippen LogP contribution in [0.4, 0.5) is 0 Å². The van der Waals surface area contributed by atoms with E-state index in [2.05, 4.69) is 9.59 Å². The Kier molecular flexibility index (Phi) is 4.29. The van der Waals surface area contributed by atoms with Crippen molar-refractivity contribution in [3.63, 3.8) is 0 Å². The van der Waals surface area contributed by atoms with Gasteiger partial charge in [0.15, 0.2) is 0 Å². The van der Waals surface area contributed by atoms with Crippen LogP contribution in [0.3, 0.4) is 0 Å². The molecule has 6 heteroatoms. The molecule has 0 aromatic carbocycles. The molecule has 1 aromatic rings. The van der Waals surface area contributed by atoms with Crippen molar-refractivity contribution in [2.75, 3.05) is 13.6 Å². The third-order valence-electron chi connectivity index (χ3n) is 3.84. The second-order valence-electron chi connectivity index (χ2n) is 4.95. The molecule has 0 bridgehead atoms. The van der Waals surface area contributed by atoms with Crippen molar-refractivity contribution in [2.24, 2.45) is 11.7 Å². The molecule has 2 unspecified atom stereocenters. The normalized spacial score (nSPS) is 23.9. The van der Waals surface area contributed by atoms with Crippen LogP contribution in [0.15, 0.2) is 0 Å². The van der Waals surface area contributed by atoms with E-state index in [9.17, 15) is 4.79 Å². The van der Waals surface area contributed by atoms with E-state index in [0.29, 0.717) is 17.3 Å². The molecule has 0 aliphatic heterocycles. The van der Waals surface area contributed by atoms with Crippen molar-refractivity contribution in [3.8, 4) is 0 Å². The SMILES string of the molecule is Cc1nnsc1C(=O)N(C)C1CCCCC1CN. The Morgan fingerprint density at radius 2 is 2.22 bits per heavy atom. The molecule has 2 rings (SSSR count). The van der Waals surface area contributed by atoms with E-state index >= 15 is 0 Å². The first-order valence-corrected chi connectivity index (χ1v) is 7.18. The zero-order valence-electron chi connectivity index (χ0n) is 10.9. The van der Waals surface area contributed by atoms with Gasteiger partial charge in [0, 0.05) is 13.1 Å². The maximum absolute atomic E-state index is 12.4. The third-order valence-corrected chi connectivity index (χ3v) is 4.65. The zero-order valence-corrected chi connectivity index (χ0v) is 11.7. The highest BCUT2D eigenvalue weighted by Gasteiger charge is 2.31. The van der Waals surface area contributed by atoms with Crippen LogP contribution in [0.1, 0.15) is 41.0 Å². The van der Waals surface area contributed by atoms with Crippen LogP contribution >= 0.6 is 11.5 Å². The zero-order chi connectivity index (χ0) is 13.1. The van der Waals surface area contributed by atoms with Gasteiger partial charge in [-0.15, -0.1) is 5.10 Å². The summed E-state index contributed by atoms with van der Waals surface area (Å²) in [6.45, 7) is 2.48. The average molecular weight is 268 g/mol. The molecule has 1 fully saturated rings. The van der Waals surface area contributed by atoms with Crippen LogP contribution in [0.2, 0.25) is 0 Å². The summed E-state index contributed by atoms with van der Waals surface area (Å²) in [6.07, 6.45) is 4.58. The van der Waals surface area contributed by atoms with Gasteiger partial charge < -0.3 is 10.6 Å². The number of nitrogens with zero attached hydrogens (tertiary/aromatic N) is 3. The summed E-state index contributed by atoms with van der Waals surface area (Å²) in [5, 5.41) is 3.90. The molecule has 1 heterocycles. The minimum atomic E-state index is 0.0350. The second kappa shape index (κ2) is 5.75. The fraction of sp³-hybridized carbons (Fsp3) is 0.750. The number of amides is 1. The van der Waals surface area contributed by atoms with Crippen LogP contribution in [-0.2, 0) is 0 Å². The summed E-state index contributed by atoms with van der Waals surface area (Å²) in [6, 6.07) is 0.262. The van der Waals surface area contributed by atoms with E-state index < -0.39 is 0 Å². The molecular weight excluding hydrogens is 248 g/mol. The van der Waals surface area contributed by atoms with Gasteiger partial charge in [0.05, 0.1) is 5.69 Å². The lowest BCUT2D eigenvalue weighted by molar-refractivity contribution is 0.0624. The first kappa shape index (κ1) is 13.4. The molecule has 0 spiro atoms. The van der Waals surface area contributed by atoms with Gasteiger partial charge in [0.2, 0.25) is 0 Å². The summed E-state index contributed by atoms with van der Waals surface area (Å²) < 4.78 is 3.83. The number of aryl methyl sites for hydroxylation is 1. The highest BCUT2D eigenvalue weighted by Crippen LogP contribution is 2.28. The topological polar surface area (TPSA) is 72.1 Å². The lowest BCUT2D eigenvalue weighted by Gasteiger charge is -2.37. The van der Waals surface area contributed by atoms with Gasteiger partial charge in [0.25, 0.3) is 5.91 Å². The predicted molar refractivity (Wildman–Crippen MR) is 71.5 cm³/mol. The van der Waals surface area contributed by atoms with Crippen molar-refractivity contribution >= 4 is 17.4 Å². The summed E-state index contributed by atoms with van der Waals surface area (Å²) >= 11 is 1.18. The number of carbonyl (C=O) groups is 1. The van der Waals surface area contributed by atoms with E-state index in [1.807, 2.05) is 18.9 Å².